The minimum absolute atomic E-state index is 0.0171. The lowest BCUT2D eigenvalue weighted by atomic mass is 9.57. The van der Waals surface area contributed by atoms with Crippen LogP contribution in [0, 0.1) is 47.3 Å². The minimum atomic E-state index is -0.705. The number of cyclic esters (lactones) is 1. The van der Waals surface area contributed by atoms with Gasteiger partial charge in [0.15, 0.2) is 24.1 Å². The van der Waals surface area contributed by atoms with E-state index in [1.54, 1.807) is 21.3 Å². The number of Topliss-reactive ketones (excluding diaryl/α,β-unsaturated/α-hetero) is 2. The molecule has 5 fully saturated rings. The fourth-order valence-electron chi connectivity index (χ4n) is 13.0. The molecule has 1 aromatic carbocycles. The Labute approximate surface area is 379 Å². The number of benzene rings is 1. The van der Waals surface area contributed by atoms with Gasteiger partial charge in [-0.05, 0) is 132 Å². The Morgan fingerprint density at radius 2 is 1.54 bits per heavy atom. The first-order chi connectivity index (χ1) is 30.3. The second kappa shape index (κ2) is 19.8. The number of fused-ring (bicyclic) bond motifs is 8. The fourth-order valence-corrected chi connectivity index (χ4v) is 13.2. The molecule has 3 aliphatic heterocycles. The maximum absolute atomic E-state index is 15.3. The van der Waals surface area contributed by atoms with Gasteiger partial charge in [0.25, 0.3) is 0 Å². The molecule has 3 heterocycles. The summed E-state index contributed by atoms with van der Waals surface area (Å²) in [4.78, 5) is 46.7. The number of likely N-dealkylation sites (N-methyl/N-ethyl adjacent to an activating group) is 1. The molecule has 13 heteroatoms. The molecule has 8 rings (SSSR count). The third kappa shape index (κ3) is 9.16. The second-order valence-electron chi connectivity index (χ2n) is 19.7. The number of rotatable bonds is 10. The van der Waals surface area contributed by atoms with E-state index in [-0.39, 0.29) is 84.1 Å². The highest BCUT2D eigenvalue weighted by molar-refractivity contribution is 6.31. The van der Waals surface area contributed by atoms with E-state index in [9.17, 15) is 4.79 Å². The van der Waals surface area contributed by atoms with Gasteiger partial charge >= 0.3 is 5.97 Å². The van der Waals surface area contributed by atoms with Crippen LogP contribution < -0.4 is 0 Å². The van der Waals surface area contributed by atoms with E-state index in [4.69, 9.17) is 49.5 Å². The van der Waals surface area contributed by atoms with E-state index in [1.807, 2.05) is 45.0 Å². The van der Waals surface area contributed by atoms with Crippen LogP contribution >= 0.6 is 11.6 Å². The summed E-state index contributed by atoms with van der Waals surface area (Å²) < 4.78 is 50.5. The van der Waals surface area contributed by atoms with Gasteiger partial charge in [-0.2, -0.15) is 0 Å². The topological polar surface area (TPSA) is 128 Å². The Kier molecular flexibility index (Phi) is 14.7. The Bertz CT molecular complexity index is 1890. The maximum Gasteiger partial charge on any atom is 0.306 e. The first-order valence-electron chi connectivity index (χ1n) is 23.6. The molecule has 0 bridgehead atoms. The van der Waals surface area contributed by atoms with Crippen molar-refractivity contribution in [3.63, 3.8) is 0 Å². The molecule has 0 N–H and O–H groups in total. The zero-order valence-corrected chi connectivity index (χ0v) is 39.4. The van der Waals surface area contributed by atoms with Gasteiger partial charge in [-0.25, -0.2) is 0 Å². The van der Waals surface area contributed by atoms with E-state index in [2.05, 4.69) is 38.1 Å². The summed E-state index contributed by atoms with van der Waals surface area (Å²) in [6.45, 7) is 8.07. The lowest BCUT2D eigenvalue weighted by molar-refractivity contribution is -0.314. The summed E-state index contributed by atoms with van der Waals surface area (Å²) in [6, 6.07) is 7.76. The van der Waals surface area contributed by atoms with Gasteiger partial charge in [0, 0.05) is 55.7 Å². The zero-order chi connectivity index (χ0) is 44.9. The van der Waals surface area contributed by atoms with Gasteiger partial charge in [-0.3, -0.25) is 14.4 Å². The third-order valence-corrected chi connectivity index (χ3v) is 16.3. The number of hydrogen-bond donors (Lipinski definition) is 0. The van der Waals surface area contributed by atoms with Crippen LogP contribution in [0.3, 0.4) is 0 Å². The van der Waals surface area contributed by atoms with Crippen LogP contribution in [0.1, 0.15) is 91.0 Å². The lowest BCUT2D eigenvalue weighted by Crippen LogP contribution is -2.59. The van der Waals surface area contributed by atoms with Gasteiger partial charge in [0.2, 0.25) is 0 Å². The van der Waals surface area contributed by atoms with Crippen molar-refractivity contribution in [2.75, 3.05) is 35.4 Å². The van der Waals surface area contributed by atoms with Crippen molar-refractivity contribution >= 4 is 34.7 Å². The Hall–Kier alpha value is -2.52. The number of esters is 1. The van der Waals surface area contributed by atoms with Crippen LogP contribution in [-0.4, -0.2) is 125 Å². The van der Waals surface area contributed by atoms with Crippen LogP contribution in [0.15, 0.2) is 42.0 Å². The number of nitrogens with zero attached hydrogens (tertiary/aromatic N) is 1. The van der Waals surface area contributed by atoms with Crippen molar-refractivity contribution in [2.24, 2.45) is 47.3 Å². The van der Waals surface area contributed by atoms with E-state index in [0.717, 1.165) is 24.8 Å². The summed E-state index contributed by atoms with van der Waals surface area (Å²) in [5, 5.41) is 0.556. The van der Waals surface area contributed by atoms with Crippen LogP contribution in [-0.2, 0) is 52.3 Å². The van der Waals surface area contributed by atoms with Crippen molar-refractivity contribution in [2.45, 2.75) is 153 Å². The van der Waals surface area contributed by atoms with Crippen molar-refractivity contribution in [1.29, 1.82) is 0 Å². The third-order valence-electron chi connectivity index (χ3n) is 16.1. The SMILES string of the molecule is CC[C@H]1CCC[C@H](O[C@H]2CC[C@H](N(C)C)[C@@H](C)O2)[C@@H](C)C(=O)C2=C[C@H]3[C@@H]4C[C@H](O[C@@H]5O[C@@H](C)[C@H](OC)[C@@H](OC)[C@H]5OC)C[C@H]4C4C=C(c5cccc(Cl)c5)C(=O)C4[C@H]3[C@@H]2CC(=O)O1. The number of ketones is 2. The molecule has 63 heavy (non-hydrogen) atoms. The molecule has 7 aliphatic rings. The van der Waals surface area contributed by atoms with Gasteiger partial charge in [-0.15, -0.1) is 0 Å². The molecular weight excluding hydrogens is 826 g/mol. The number of ether oxygens (including phenoxy) is 8. The molecular formula is C50H70ClNO11. The van der Waals surface area contributed by atoms with E-state index >= 15 is 9.59 Å². The molecule has 0 radical (unpaired) electrons. The number of carbonyl (C=O) groups excluding carboxylic acids is 3. The standard InChI is InChI=1S/C50H70ClNO11/c1-10-30-15-12-16-40(63-42-18-17-39(52(5)6)26(3)59-42)25(2)45(54)38-23-35-33-20-31(62-50-49(58-9)48(57-8)47(56-7)27(4)60-50)21-34(33)36-22-32(28-13-11-14-29(51)19-28)46(55)44(36)43(35)37(38)24-41(53)61-30/h11,13-14,19,22-23,25-27,30-31,33-37,39-40,42-44,47-50H,10,12,15-18,20-21,24H2,1-9H3/t25-,26-,27+,30+,31+,33-,34-,35+,36?,37-,39+,40+,42+,43-,44?,47+,48-,49-,50+/m1/s1. The number of allylic oxidation sites excluding steroid dienone is 4. The monoisotopic (exact) mass is 895 g/mol. The molecule has 0 amide bonds. The second-order valence-corrected chi connectivity index (χ2v) is 20.1. The normalized spacial score (nSPS) is 43.2. The minimum Gasteiger partial charge on any atom is -0.462 e. The summed E-state index contributed by atoms with van der Waals surface area (Å²) in [7, 11) is 9.07. The van der Waals surface area contributed by atoms with Gasteiger partial charge in [0.1, 0.15) is 24.4 Å². The number of methoxy groups -OCH3 is 3. The van der Waals surface area contributed by atoms with Crippen LogP contribution in [0.25, 0.3) is 5.57 Å². The molecule has 4 aliphatic carbocycles. The van der Waals surface area contributed by atoms with Gasteiger partial charge in [-0.1, -0.05) is 49.7 Å². The number of carbonyl (C=O) groups is 3. The molecule has 2 saturated carbocycles. The number of hydrogen-bond acceptors (Lipinski definition) is 12. The van der Waals surface area contributed by atoms with Gasteiger partial charge < -0.3 is 42.8 Å². The van der Waals surface area contributed by atoms with Crippen LogP contribution in [0.2, 0.25) is 5.02 Å². The van der Waals surface area contributed by atoms with Crippen molar-refractivity contribution in [3.8, 4) is 0 Å². The van der Waals surface area contributed by atoms with Crippen LogP contribution in [0.4, 0.5) is 0 Å². The number of halogens is 1. The summed E-state index contributed by atoms with van der Waals surface area (Å²) in [5.74, 6) is -2.15. The lowest BCUT2D eigenvalue weighted by Gasteiger charge is -2.45. The highest BCUT2D eigenvalue weighted by atomic mass is 35.5. The zero-order valence-electron chi connectivity index (χ0n) is 38.6. The predicted molar refractivity (Wildman–Crippen MR) is 237 cm³/mol. The van der Waals surface area contributed by atoms with Crippen molar-refractivity contribution < 1.29 is 52.3 Å². The van der Waals surface area contributed by atoms with E-state index < -0.39 is 48.6 Å². The first kappa shape index (κ1) is 47.0. The quantitative estimate of drug-likeness (QED) is 0.216. The van der Waals surface area contributed by atoms with Crippen molar-refractivity contribution in [1.82, 2.24) is 4.90 Å². The van der Waals surface area contributed by atoms with Crippen LogP contribution in [0.5, 0.6) is 0 Å². The van der Waals surface area contributed by atoms with E-state index in [0.29, 0.717) is 54.3 Å². The van der Waals surface area contributed by atoms with Crippen molar-refractivity contribution in [3.05, 3.63) is 52.6 Å². The predicted octanol–water partition coefficient (Wildman–Crippen LogP) is 7.48. The maximum atomic E-state index is 15.3. The van der Waals surface area contributed by atoms with Gasteiger partial charge in [0.05, 0.1) is 30.8 Å². The smallest absolute Gasteiger partial charge is 0.306 e. The average molecular weight is 897 g/mol. The Morgan fingerprint density at radius 1 is 0.810 bits per heavy atom. The largest absolute Gasteiger partial charge is 0.462 e. The highest BCUT2D eigenvalue weighted by Crippen LogP contribution is 2.64. The Morgan fingerprint density at radius 3 is 2.21 bits per heavy atom. The molecule has 348 valence electrons. The van der Waals surface area contributed by atoms with E-state index in [1.165, 1.54) is 0 Å². The molecule has 0 spiro atoms. The molecule has 12 nitrogen and oxygen atoms in total. The molecule has 19 atom stereocenters. The fraction of sp³-hybridized carbons (Fsp3) is 0.740. The molecule has 1 aromatic rings. The summed E-state index contributed by atoms with van der Waals surface area (Å²) >= 11 is 6.52. The average Bonchev–Trinajstić information content (AvgIpc) is 3.94. The summed E-state index contributed by atoms with van der Waals surface area (Å²) in [6.07, 6.45) is 6.57. The molecule has 3 saturated heterocycles. The summed E-state index contributed by atoms with van der Waals surface area (Å²) in [5.41, 5.74) is 2.06. The molecule has 0 aromatic heterocycles. The highest BCUT2D eigenvalue weighted by Gasteiger charge is 2.62. The molecule has 2 unspecified atom stereocenters. The Balaban J connectivity index is 1.14. The first-order valence-corrected chi connectivity index (χ1v) is 24.0.